The van der Waals surface area contributed by atoms with Crippen LogP contribution in [0.1, 0.15) is 45.7 Å². The minimum Gasteiger partial charge on any atom is -0.339 e. The van der Waals surface area contributed by atoms with E-state index in [1.807, 2.05) is 45.9 Å². The van der Waals surface area contributed by atoms with Crippen molar-refractivity contribution < 1.29 is 9.59 Å². The van der Waals surface area contributed by atoms with Crippen LogP contribution in [0.25, 0.3) is 0 Å². The summed E-state index contributed by atoms with van der Waals surface area (Å²) in [6, 6.07) is 7.33. The molecule has 0 aliphatic heterocycles. The maximum absolute atomic E-state index is 12.4. The molecule has 5 nitrogen and oxygen atoms in total. The van der Waals surface area contributed by atoms with Gasteiger partial charge in [0, 0.05) is 31.2 Å². The zero-order valence-electron chi connectivity index (χ0n) is 14.6. The summed E-state index contributed by atoms with van der Waals surface area (Å²) < 4.78 is 0. The zero-order chi connectivity index (χ0) is 17.7. The molecule has 0 atom stereocenters. The number of carbonyl (C=O) groups excluding carboxylic acids is 2. The summed E-state index contributed by atoms with van der Waals surface area (Å²) in [6.07, 6.45) is 2.96. The largest absolute Gasteiger partial charge is 0.339 e. The molecule has 0 fully saturated rings. The Bertz CT molecular complexity index is 752. The third-order valence-electron chi connectivity index (χ3n) is 4.06. The van der Waals surface area contributed by atoms with Crippen molar-refractivity contribution in [3.05, 3.63) is 58.9 Å². The molecule has 5 heteroatoms. The Labute approximate surface area is 142 Å². The molecule has 2 aromatic rings. The second kappa shape index (κ2) is 7.73. The van der Waals surface area contributed by atoms with Crippen LogP contribution < -0.4 is 5.32 Å². The van der Waals surface area contributed by atoms with Gasteiger partial charge in [0.15, 0.2) is 0 Å². The molecule has 0 aliphatic rings. The van der Waals surface area contributed by atoms with Gasteiger partial charge in [-0.15, -0.1) is 0 Å². The molecule has 0 saturated heterocycles. The molecule has 0 bridgehead atoms. The lowest BCUT2D eigenvalue weighted by Gasteiger charge is -2.18. The molecule has 0 saturated carbocycles. The fourth-order valence-electron chi connectivity index (χ4n) is 2.40. The van der Waals surface area contributed by atoms with Gasteiger partial charge in [-0.3, -0.25) is 14.6 Å². The Hall–Kier alpha value is -2.69. The molecule has 0 spiro atoms. The highest BCUT2D eigenvalue weighted by Gasteiger charge is 2.15. The molecule has 2 rings (SSSR count). The second-order valence-corrected chi connectivity index (χ2v) is 5.69. The maximum Gasteiger partial charge on any atom is 0.257 e. The molecule has 0 unspecified atom stereocenters. The Kier molecular flexibility index (Phi) is 5.68. The Morgan fingerprint density at radius 2 is 1.67 bits per heavy atom. The smallest absolute Gasteiger partial charge is 0.257 e. The number of nitrogens with zero attached hydrogens (tertiary/aromatic N) is 2. The number of amides is 2. The number of hydrogen-bond donors (Lipinski definition) is 1. The summed E-state index contributed by atoms with van der Waals surface area (Å²) in [7, 11) is 0. The summed E-state index contributed by atoms with van der Waals surface area (Å²) in [6.45, 7) is 9.10. The van der Waals surface area contributed by atoms with Gasteiger partial charge in [-0.1, -0.05) is 6.07 Å². The van der Waals surface area contributed by atoms with E-state index in [9.17, 15) is 9.59 Å². The van der Waals surface area contributed by atoms with Gasteiger partial charge in [0.2, 0.25) is 0 Å². The highest BCUT2D eigenvalue weighted by molar-refractivity contribution is 6.05. The summed E-state index contributed by atoms with van der Waals surface area (Å²) >= 11 is 0. The minimum atomic E-state index is -0.278. The lowest BCUT2D eigenvalue weighted by atomic mass is 10.1. The molecule has 1 heterocycles. The summed E-state index contributed by atoms with van der Waals surface area (Å²) in [5, 5.41) is 2.85. The van der Waals surface area contributed by atoms with Gasteiger partial charge in [0.1, 0.15) is 0 Å². The van der Waals surface area contributed by atoms with Crippen molar-refractivity contribution in [3.8, 4) is 0 Å². The predicted octanol–water partition coefficient (Wildman–Crippen LogP) is 3.43. The van der Waals surface area contributed by atoms with Crippen LogP contribution in [0.2, 0.25) is 0 Å². The van der Waals surface area contributed by atoms with E-state index in [0.717, 1.165) is 11.3 Å². The Morgan fingerprint density at radius 1 is 1.00 bits per heavy atom. The first-order chi connectivity index (χ1) is 11.5. The van der Waals surface area contributed by atoms with E-state index in [1.165, 1.54) is 18.0 Å². The highest BCUT2D eigenvalue weighted by Crippen LogP contribution is 2.15. The molecule has 1 N–H and O–H groups in total. The standard InChI is InChI=1S/C19H23N3O2/c1-5-22(6-2)19(24)16-10-15(11-20-12-16)18(23)21-17-8-7-13(3)14(4)9-17/h7-12H,5-6H2,1-4H3,(H,21,23). The average molecular weight is 325 g/mol. The topological polar surface area (TPSA) is 62.3 Å². The van der Waals surface area contributed by atoms with Gasteiger partial charge >= 0.3 is 0 Å². The quantitative estimate of drug-likeness (QED) is 0.916. The van der Waals surface area contributed by atoms with Crippen molar-refractivity contribution in [2.24, 2.45) is 0 Å². The number of hydrogen-bond acceptors (Lipinski definition) is 3. The second-order valence-electron chi connectivity index (χ2n) is 5.69. The SMILES string of the molecule is CCN(CC)C(=O)c1cncc(C(=O)Nc2ccc(C)c(C)c2)c1. The van der Waals surface area contributed by atoms with Crippen LogP contribution >= 0.6 is 0 Å². The lowest BCUT2D eigenvalue weighted by Crippen LogP contribution is -2.30. The summed E-state index contributed by atoms with van der Waals surface area (Å²) in [5.41, 5.74) is 3.79. The van der Waals surface area contributed by atoms with E-state index in [2.05, 4.69) is 10.3 Å². The van der Waals surface area contributed by atoms with E-state index < -0.39 is 0 Å². The molecule has 1 aromatic heterocycles. The molecular weight excluding hydrogens is 302 g/mol. The van der Waals surface area contributed by atoms with Crippen LogP contribution in [0.15, 0.2) is 36.7 Å². The van der Waals surface area contributed by atoms with Gasteiger partial charge in [0.25, 0.3) is 11.8 Å². The number of nitrogens with one attached hydrogen (secondary N) is 1. The fraction of sp³-hybridized carbons (Fsp3) is 0.316. The van der Waals surface area contributed by atoms with Gasteiger partial charge in [0.05, 0.1) is 11.1 Å². The monoisotopic (exact) mass is 325 g/mol. The van der Waals surface area contributed by atoms with Crippen LogP contribution in [-0.2, 0) is 0 Å². The number of rotatable bonds is 5. The number of anilines is 1. The first-order valence-corrected chi connectivity index (χ1v) is 8.09. The number of carbonyl (C=O) groups is 2. The van der Waals surface area contributed by atoms with Crippen molar-refractivity contribution in [3.63, 3.8) is 0 Å². The van der Waals surface area contributed by atoms with Crippen LogP contribution in [-0.4, -0.2) is 34.8 Å². The van der Waals surface area contributed by atoms with Gasteiger partial charge in [-0.05, 0) is 57.0 Å². The normalized spacial score (nSPS) is 10.3. The predicted molar refractivity (Wildman–Crippen MR) is 95.4 cm³/mol. The average Bonchev–Trinajstić information content (AvgIpc) is 2.59. The van der Waals surface area contributed by atoms with Gasteiger partial charge < -0.3 is 10.2 Å². The Morgan fingerprint density at radius 3 is 2.29 bits per heavy atom. The van der Waals surface area contributed by atoms with Crippen molar-refractivity contribution in [1.29, 1.82) is 0 Å². The van der Waals surface area contributed by atoms with Crippen molar-refractivity contribution in [2.75, 3.05) is 18.4 Å². The number of aromatic nitrogens is 1. The molecule has 126 valence electrons. The summed E-state index contributed by atoms with van der Waals surface area (Å²) in [4.78, 5) is 30.5. The van der Waals surface area contributed by atoms with E-state index in [1.54, 1.807) is 11.0 Å². The fourth-order valence-corrected chi connectivity index (χ4v) is 2.40. The number of benzene rings is 1. The maximum atomic E-state index is 12.4. The van der Waals surface area contributed by atoms with E-state index in [-0.39, 0.29) is 11.8 Å². The lowest BCUT2D eigenvalue weighted by molar-refractivity contribution is 0.0772. The first kappa shape index (κ1) is 17.7. The third kappa shape index (κ3) is 3.98. The molecule has 1 aromatic carbocycles. The van der Waals surface area contributed by atoms with E-state index in [0.29, 0.717) is 24.2 Å². The van der Waals surface area contributed by atoms with Crippen molar-refractivity contribution in [2.45, 2.75) is 27.7 Å². The molecule has 24 heavy (non-hydrogen) atoms. The molecule has 2 amide bonds. The zero-order valence-corrected chi connectivity index (χ0v) is 14.6. The van der Waals surface area contributed by atoms with Crippen molar-refractivity contribution in [1.82, 2.24) is 9.88 Å². The van der Waals surface area contributed by atoms with Gasteiger partial charge in [-0.2, -0.15) is 0 Å². The number of aryl methyl sites for hydroxylation is 2. The van der Waals surface area contributed by atoms with E-state index >= 15 is 0 Å². The minimum absolute atomic E-state index is 0.117. The molecule has 0 radical (unpaired) electrons. The molecule has 0 aliphatic carbocycles. The highest BCUT2D eigenvalue weighted by atomic mass is 16.2. The Balaban J connectivity index is 2.19. The van der Waals surface area contributed by atoms with Crippen LogP contribution in [0.4, 0.5) is 5.69 Å². The van der Waals surface area contributed by atoms with Crippen LogP contribution in [0.5, 0.6) is 0 Å². The number of pyridine rings is 1. The first-order valence-electron chi connectivity index (χ1n) is 8.09. The van der Waals surface area contributed by atoms with Gasteiger partial charge in [-0.25, -0.2) is 0 Å². The van der Waals surface area contributed by atoms with Crippen LogP contribution in [0, 0.1) is 13.8 Å². The van der Waals surface area contributed by atoms with E-state index in [4.69, 9.17) is 0 Å². The summed E-state index contributed by atoms with van der Waals surface area (Å²) in [5.74, 6) is -0.395. The third-order valence-corrected chi connectivity index (χ3v) is 4.06. The molecular formula is C19H23N3O2. The van der Waals surface area contributed by atoms with Crippen molar-refractivity contribution >= 4 is 17.5 Å². The van der Waals surface area contributed by atoms with Crippen LogP contribution in [0.3, 0.4) is 0 Å².